The molecule has 0 saturated heterocycles. The Bertz CT molecular complexity index is 542. The van der Waals surface area contributed by atoms with Crippen LogP contribution < -0.4 is 16.0 Å². The standard InChI is InChI=1S/C8H14N4O4S3/c1-17-4-2-3-10-19(15,16)7-5-6(12(13)14)8(11-9)18-7/h5,10-11H,2-4,9H2,1H3. The predicted molar refractivity (Wildman–Crippen MR) is 77.0 cm³/mol. The molecule has 0 fully saturated rings. The molecule has 0 saturated carbocycles. The maximum atomic E-state index is 11.9. The van der Waals surface area contributed by atoms with Crippen molar-refractivity contribution in [3.63, 3.8) is 0 Å². The highest BCUT2D eigenvalue weighted by molar-refractivity contribution is 7.98. The van der Waals surface area contributed by atoms with Gasteiger partial charge >= 0.3 is 5.69 Å². The van der Waals surface area contributed by atoms with Crippen molar-refractivity contribution in [1.29, 1.82) is 0 Å². The van der Waals surface area contributed by atoms with E-state index in [0.29, 0.717) is 13.0 Å². The zero-order valence-electron chi connectivity index (χ0n) is 10.1. The molecule has 1 rings (SSSR count). The first-order valence-electron chi connectivity index (χ1n) is 5.16. The number of rotatable bonds is 8. The molecule has 1 aromatic heterocycles. The summed E-state index contributed by atoms with van der Waals surface area (Å²) in [6.45, 7) is 0.292. The minimum atomic E-state index is -3.73. The Kier molecular flexibility index (Phi) is 6.00. The monoisotopic (exact) mass is 326 g/mol. The van der Waals surface area contributed by atoms with Gasteiger partial charge in [-0.1, -0.05) is 11.3 Å². The Balaban J connectivity index is 2.86. The summed E-state index contributed by atoms with van der Waals surface area (Å²) >= 11 is 2.34. The van der Waals surface area contributed by atoms with Gasteiger partial charge in [0.1, 0.15) is 4.21 Å². The van der Waals surface area contributed by atoms with Crippen LogP contribution in [0.3, 0.4) is 0 Å². The lowest BCUT2D eigenvalue weighted by molar-refractivity contribution is -0.383. The van der Waals surface area contributed by atoms with Gasteiger partial charge in [-0.15, -0.1) is 0 Å². The van der Waals surface area contributed by atoms with E-state index >= 15 is 0 Å². The Morgan fingerprint density at radius 3 is 2.74 bits per heavy atom. The highest BCUT2D eigenvalue weighted by Crippen LogP contribution is 2.36. The number of hydrogen-bond acceptors (Lipinski definition) is 8. The van der Waals surface area contributed by atoms with Crippen LogP contribution in [-0.4, -0.2) is 31.9 Å². The minimum Gasteiger partial charge on any atom is -0.310 e. The summed E-state index contributed by atoms with van der Waals surface area (Å²) in [6.07, 6.45) is 2.62. The summed E-state index contributed by atoms with van der Waals surface area (Å²) in [5.74, 6) is 5.96. The summed E-state index contributed by atoms with van der Waals surface area (Å²) < 4.78 is 26.1. The number of hydrogen-bond donors (Lipinski definition) is 3. The van der Waals surface area contributed by atoms with E-state index in [1.165, 1.54) is 0 Å². The van der Waals surface area contributed by atoms with Crippen molar-refractivity contribution in [1.82, 2.24) is 4.72 Å². The van der Waals surface area contributed by atoms with Crippen LogP contribution in [0.5, 0.6) is 0 Å². The average molecular weight is 326 g/mol. The fourth-order valence-corrected chi connectivity index (χ4v) is 4.01. The summed E-state index contributed by atoms with van der Waals surface area (Å²) in [5.41, 5.74) is 1.78. The van der Waals surface area contributed by atoms with Crippen LogP contribution in [0.25, 0.3) is 0 Å². The minimum absolute atomic E-state index is 0.00879. The summed E-state index contributed by atoms with van der Waals surface area (Å²) in [5, 5.41) is 10.7. The molecule has 0 aromatic carbocycles. The van der Waals surface area contributed by atoms with Gasteiger partial charge < -0.3 is 5.43 Å². The third-order valence-corrected chi connectivity index (χ3v) is 5.79. The van der Waals surface area contributed by atoms with Gasteiger partial charge in [0, 0.05) is 12.6 Å². The SMILES string of the molecule is CSCCCNS(=O)(=O)c1cc([N+](=O)[O-])c(NN)s1. The van der Waals surface area contributed by atoms with Crippen LogP contribution in [0.1, 0.15) is 6.42 Å². The van der Waals surface area contributed by atoms with Crippen LogP contribution >= 0.6 is 23.1 Å². The molecule has 8 nitrogen and oxygen atoms in total. The quantitative estimate of drug-likeness (QED) is 0.281. The predicted octanol–water partition coefficient (Wildman–Crippen LogP) is 0.973. The molecule has 0 amide bonds. The number of nitrogens with one attached hydrogen (secondary N) is 2. The number of nitrogens with zero attached hydrogens (tertiary/aromatic N) is 1. The van der Waals surface area contributed by atoms with Gasteiger partial charge in [-0.25, -0.2) is 19.0 Å². The number of nitrogen functional groups attached to an aromatic ring is 1. The van der Waals surface area contributed by atoms with Crippen LogP contribution in [-0.2, 0) is 10.0 Å². The zero-order chi connectivity index (χ0) is 14.5. The number of hydrazine groups is 1. The lowest BCUT2D eigenvalue weighted by atomic mass is 10.5. The highest BCUT2D eigenvalue weighted by Gasteiger charge is 2.25. The molecule has 1 heterocycles. The first kappa shape index (κ1) is 16.2. The highest BCUT2D eigenvalue weighted by atomic mass is 32.2. The molecular weight excluding hydrogens is 312 g/mol. The van der Waals surface area contributed by atoms with Gasteiger partial charge in [0.2, 0.25) is 10.0 Å². The van der Waals surface area contributed by atoms with E-state index in [4.69, 9.17) is 5.84 Å². The Hall–Kier alpha value is -0.880. The average Bonchev–Trinajstić information content (AvgIpc) is 2.79. The van der Waals surface area contributed by atoms with Gasteiger partial charge in [-0.2, -0.15) is 11.8 Å². The number of anilines is 1. The molecular formula is C8H14N4O4S3. The van der Waals surface area contributed by atoms with E-state index in [1.54, 1.807) is 11.8 Å². The molecule has 0 unspecified atom stereocenters. The van der Waals surface area contributed by atoms with Gasteiger partial charge in [-0.3, -0.25) is 10.1 Å². The number of thiophene rings is 1. The van der Waals surface area contributed by atoms with Crippen LogP contribution in [0.4, 0.5) is 10.7 Å². The number of thioether (sulfide) groups is 1. The second-order valence-corrected chi connectivity index (χ2v) is 7.46. The van der Waals surface area contributed by atoms with Crippen LogP contribution in [0, 0.1) is 10.1 Å². The maximum Gasteiger partial charge on any atom is 0.306 e. The van der Waals surface area contributed by atoms with Gasteiger partial charge in [-0.05, 0) is 18.4 Å². The van der Waals surface area contributed by atoms with E-state index in [1.807, 2.05) is 6.26 Å². The molecule has 11 heteroatoms. The van der Waals surface area contributed by atoms with Gasteiger partial charge in [0.15, 0.2) is 5.00 Å². The molecule has 0 bridgehead atoms. The molecule has 0 aliphatic heterocycles. The molecule has 4 N–H and O–H groups in total. The van der Waals surface area contributed by atoms with Crippen molar-refractivity contribution in [2.24, 2.45) is 5.84 Å². The van der Waals surface area contributed by atoms with Crippen molar-refractivity contribution in [2.75, 3.05) is 24.0 Å². The third kappa shape index (κ3) is 4.31. The summed E-state index contributed by atoms with van der Waals surface area (Å²) in [6, 6.07) is 0.997. The molecule has 0 aliphatic carbocycles. The topological polar surface area (TPSA) is 127 Å². The lowest BCUT2D eigenvalue weighted by Crippen LogP contribution is -2.24. The number of nitrogens with two attached hydrogens (primary N) is 1. The molecule has 0 radical (unpaired) electrons. The second-order valence-electron chi connectivity index (χ2n) is 3.43. The van der Waals surface area contributed by atoms with Crippen LogP contribution in [0.2, 0.25) is 0 Å². The van der Waals surface area contributed by atoms with E-state index in [-0.39, 0.29) is 14.9 Å². The van der Waals surface area contributed by atoms with Crippen molar-refractivity contribution in [2.45, 2.75) is 10.6 Å². The first-order chi connectivity index (χ1) is 8.92. The van der Waals surface area contributed by atoms with E-state index in [0.717, 1.165) is 23.2 Å². The Morgan fingerprint density at radius 2 is 2.26 bits per heavy atom. The number of sulfonamides is 1. The number of nitro groups is 1. The van der Waals surface area contributed by atoms with E-state index in [2.05, 4.69) is 10.1 Å². The smallest absolute Gasteiger partial charge is 0.306 e. The summed E-state index contributed by atoms with van der Waals surface area (Å²) in [4.78, 5) is 10.0. The molecule has 0 atom stereocenters. The fourth-order valence-electron chi connectivity index (χ4n) is 1.23. The fraction of sp³-hybridized carbons (Fsp3) is 0.500. The maximum absolute atomic E-state index is 11.9. The van der Waals surface area contributed by atoms with Crippen molar-refractivity contribution in [3.05, 3.63) is 16.2 Å². The third-order valence-electron chi connectivity index (χ3n) is 2.10. The Labute approximate surface area is 118 Å². The first-order valence-corrected chi connectivity index (χ1v) is 8.85. The lowest BCUT2D eigenvalue weighted by Gasteiger charge is -2.03. The zero-order valence-corrected chi connectivity index (χ0v) is 12.5. The van der Waals surface area contributed by atoms with Gasteiger partial charge in [0.05, 0.1) is 4.92 Å². The largest absolute Gasteiger partial charge is 0.310 e. The Morgan fingerprint density at radius 1 is 1.58 bits per heavy atom. The molecule has 19 heavy (non-hydrogen) atoms. The summed E-state index contributed by atoms with van der Waals surface area (Å²) in [7, 11) is -3.73. The van der Waals surface area contributed by atoms with Crippen molar-refractivity contribution < 1.29 is 13.3 Å². The normalized spacial score (nSPS) is 11.5. The molecule has 0 aliphatic rings. The second kappa shape index (κ2) is 7.05. The molecule has 1 aromatic rings. The molecule has 108 valence electrons. The van der Waals surface area contributed by atoms with Gasteiger partial charge in [0.25, 0.3) is 0 Å². The van der Waals surface area contributed by atoms with Crippen molar-refractivity contribution >= 4 is 43.8 Å². The van der Waals surface area contributed by atoms with Crippen LogP contribution in [0.15, 0.2) is 10.3 Å². The van der Waals surface area contributed by atoms with E-state index in [9.17, 15) is 18.5 Å². The molecule has 0 spiro atoms. The van der Waals surface area contributed by atoms with Crippen molar-refractivity contribution in [3.8, 4) is 0 Å². The van der Waals surface area contributed by atoms with E-state index < -0.39 is 14.9 Å².